The van der Waals surface area contributed by atoms with Crippen LogP contribution in [-0.2, 0) is 22.7 Å². The molecule has 2 fully saturated rings. The maximum Gasteiger partial charge on any atom is 0.255 e. The number of piperidine rings is 1. The molecule has 3 aliphatic heterocycles. The number of imide groups is 1. The van der Waals surface area contributed by atoms with Gasteiger partial charge in [0.15, 0.2) is 5.13 Å². The van der Waals surface area contributed by atoms with Crippen molar-refractivity contribution >= 4 is 34.2 Å². The van der Waals surface area contributed by atoms with Gasteiger partial charge in [0, 0.05) is 42.9 Å². The summed E-state index contributed by atoms with van der Waals surface area (Å²) in [5.74, 6) is -0.333. The van der Waals surface area contributed by atoms with Crippen LogP contribution < -0.4 is 16.0 Å². The molecule has 4 heterocycles. The first-order valence-electron chi connectivity index (χ1n) is 10.3. The number of rotatable bonds is 5. The van der Waals surface area contributed by atoms with E-state index in [-0.39, 0.29) is 24.1 Å². The normalized spacial score (nSPS) is 23.6. The number of carbonyl (C=O) groups is 3. The van der Waals surface area contributed by atoms with Gasteiger partial charge in [-0.25, -0.2) is 4.98 Å². The van der Waals surface area contributed by atoms with Crippen molar-refractivity contribution in [2.75, 3.05) is 18.4 Å². The molecule has 0 radical (unpaired) electrons. The van der Waals surface area contributed by atoms with Crippen LogP contribution in [0.4, 0.5) is 5.13 Å². The van der Waals surface area contributed by atoms with Gasteiger partial charge < -0.3 is 15.5 Å². The molecule has 0 saturated carbocycles. The number of anilines is 1. The Hall–Kier alpha value is -2.78. The van der Waals surface area contributed by atoms with Crippen LogP contribution in [0.2, 0.25) is 0 Å². The van der Waals surface area contributed by atoms with E-state index in [2.05, 4.69) is 21.3 Å². The van der Waals surface area contributed by atoms with E-state index >= 15 is 0 Å². The van der Waals surface area contributed by atoms with Gasteiger partial charge in [-0.2, -0.15) is 0 Å². The minimum atomic E-state index is -0.593. The number of aromatic nitrogens is 1. The predicted octanol–water partition coefficient (Wildman–Crippen LogP) is 1.59. The molecular weight excluding hydrogens is 402 g/mol. The number of benzene rings is 1. The van der Waals surface area contributed by atoms with Gasteiger partial charge >= 0.3 is 0 Å². The Labute approximate surface area is 178 Å². The molecule has 0 bridgehead atoms. The van der Waals surface area contributed by atoms with Crippen LogP contribution in [0.25, 0.3) is 0 Å². The molecule has 3 N–H and O–H groups in total. The largest absolute Gasteiger partial charge is 0.357 e. The van der Waals surface area contributed by atoms with E-state index in [4.69, 9.17) is 4.98 Å². The summed E-state index contributed by atoms with van der Waals surface area (Å²) in [5, 5.41) is 12.0. The zero-order valence-electron chi connectivity index (χ0n) is 16.4. The van der Waals surface area contributed by atoms with Crippen LogP contribution in [0.15, 0.2) is 23.6 Å². The van der Waals surface area contributed by atoms with Gasteiger partial charge in [-0.1, -0.05) is 18.2 Å². The Morgan fingerprint density at radius 3 is 2.93 bits per heavy atom. The molecule has 0 aliphatic carbocycles. The highest BCUT2D eigenvalue weighted by Gasteiger charge is 2.39. The fourth-order valence-corrected chi connectivity index (χ4v) is 5.26. The molecule has 1 unspecified atom stereocenters. The summed E-state index contributed by atoms with van der Waals surface area (Å²) >= 11 is 1.58. The lowest BCUT2D eigenvalue weighted by molar-refractivity contribution is -0.136. The fourth-order valence-electron chi connectivity index (χ4n) is 4.47. The molecule has 30 heavy (non-hydrogen) atoms. The fraction of sp³-hybridized carbons (Fsp3) is 0.429. The Bertz CT molecular complexity index is 1010. The molecule has 2 aromatic rings. The van der Waals surface area contributed by atoms with E-state index in [9.17, 15) is 14.4 Å². The lowest BCUT2D eigenvalue weighted by Gasteiger charge is -2.29. The molecule has 3 amide bonds. The summed E-state index contributed by atoms with van der Waals surface area (Å²) in [4.78, 5) is 43.1. The summed E-state index contributed by atoms with van der Waals surface area (Å²) in [6.07, 6.45) is 1.74. The van der Waals surface area contributed by atoms with Crippen molar-refractivity contribution in [1.82, 2.24) is 20.5 Å². The Morgan fingerprint density at radius 1 is 1.23 bits per heavy atom. The third-order valence-electron chi connectivity index (χ3n) is 6.07. The van der Waals surface area contributed by atoms with Crippen LogP contribution in [0, 0.1) is 0 Å². The van der Waals surface area contributed by atoms with Gasteiger partial charge in [-0.3, -0.25) is 19.7 Å². The summed E-state index contributed by atoms with van der Waals surface area (Å²) in [7, 11) is 0. The van der Waals surface area contributed by atoms with E-state index < -0.39 is 6.04 Å². The van der Waals surface area contributed by atoms with Crippen LogP contribution in [-0.4, -0.2) is 46.7 Å². The van der Waals surface area contributed by atoms with Gasteiger partial charge in [0.2, 0.25) is 11.8 Å². The molecule has 3 aliphatic rings. The van der Waals surface area contributed by atoms with Gasteiger partial charge in [-0.05, 0) is 30.5 Å². The average molecular weight is 426 g/mol. The van der Waals surface area contributed by atoms with Gasteiger partial charge in [0.25, 0.3) is 5.91 Å². The molecule has 2 atom stereocenters. The van der Waals surface area contributed by atoms with Crippen molar-refractivity contribution in [1.29, 1.82) is 0 Å². The highest BCUT2D eigenvalue weighted by Crippen LogP contribution is 2.31. The zero-order chi connectivity index (χ0) is 20.7. The topological polar surface area (TPSA) is 103 Å². The number of amides is 3. The average Bonchev–Trinajstić information content (AvgIpc) is 3.47. The zero-order valence-corrected chi connectivity index (χ0v) is 17.3. The summed E-state index contributed by atoms with van der Waals surface area (Å²) in [6, 6.07) is 5.21. The second-order valence-electron chi connectivity index (χ2n) is 7.97. The number of nitrogens with zero attached hydrogens (tertiary/aromatic N) is 2. The number of thiazole rings is 1. The van der Waals surface area contributed by atoms with E-state index in [1.165, 1.54) is 0 Å². The van der Waals surface area contributed by atoms with Gasteiger partial charge in [-0.15, -0.1) is 11.3 Å². The van der Waals surface area contributed by atoms with E-state index in [0.29, 0.717) is 31.0 Å². The Morgan fingerprint density at radius 2 is 2.13 bits per heavy atom. The standard InChI is InChI=1S/C21H23N5O3S/c27-17-5-4-16(19(28)25-17)26-10-14-3-1-2-13(18(14)20(26)29)9-23-21-24-15(11-30-21)12-6-7-22-8-12/h1-3,11-12,16,22H,4-10H2,(H,23,24)(H,25,27,28)/t12-,16?/m0/s1. The van der Waals surface area contributed by atoms with Crippen molar-refractivity contribution < 1.29 is 14.4 Å². The first kappa shape index (κ1) is 19.2. The molecule has 156 valence electrons. The van der Waals surface area contributed by atoms with Crippen LogP contribution >= 0.6 is 11.3 Å². The maximum absolute atomic E-state index is 13.1. The minimum absolute atomic E-state index is 0.145. The molecule has 1 aromatic carbocycles. The molecule has 0 spiro atoms. The molecule has 9 heteroatoms. The van der Waals surface area contributed by atoms with Gasteiger partial charge in [0.1, 0.15) is 6.04 Å². The second-order valence-corrected chi connectivity index (χ2v) is 8.83. The number of nitrogens with one attached hydrogen (secondary N) is 3. The smallest absolute Gasteiger partial charge is 0.255 e. The molecule has 2 saturated heterocycles. The molecule has 8 nitrogen and oxygen atoms in total. The number of hydrogen-bond donors (Lipinski definition) is 3. The first-order chi connectivity index (χ1) is 14.6. The SMILES string of the molecule is O=C1CCC(N2Cc3cccc(CNc4nc([C@H]5CCNC5)cs4)c3C2=O)C(=O)N1. The number of fused-ring (bicyclic) bond motifs is 1. The summed E-state index contributed by atoms with van der Waals surface area (Å²) in [5.41, 5.74) is 3.59. The minimum Gasteiger partial charge on any atom is -0.357 e. The maximum atomic E-state index is 13.1. The van der Waals surface area contributed by atoms with E-state index in [0.717, 1.165) is 41.5 Å². The predicted molar refractivity (Wildman–Crippen MR) is 112 cm³/mol. The van der Waals surface area contributed by atoms with Crippen molar-refractivity contribution in [3.05, 3.63) is 46.0 Å². The van der Waals surface area contributed by atoms with Crippen molar-refractivity contribution in [3.63, 3.8) is 0 Å². The quantitative estimate of drug-likeness (QED) is 0.629. The van der Waals surface area contributed by atoms with Crippen molar-refractivity contribution in [3.8, 4) is 0 Å². The van der Waals surface area contributed by atoms with Gasteiger partial charge in [0.05, 0.1) is 5.69 Å². The summed E-state index contributed by atoms with van der Waals surface area (Å²) < 4.78 is 0. The monoisotopic (exact) mass is 425 g/mol. The first-order valence-corrected chi connectivity index (χ1v) is 11.1. The Kier molecular flexibility index (Phi) is 5.00. The van der Waals surface area contributed by atoms with E-state index in [1.54, 1.807) is 16.2 Å². The van der Waals surface area contributed by atoms with Crippen LogP contribution in [0.3, 0.4) is 0 Å². The second kappa shape index (κ2) is 7.81. The number of carbonyl (C=O) groups excluding carboxylic acids is 3. The highest BCUT2D eigenvalue weighted by atomic mass is 32.1. The highest BCUT2D eigenvalue weighted by molar-refractivity contribution is 7.13. The number of hydrogen-bond acceptors (Lipinski definition) is 7. The third kappa shape index (κ3) is 3.48. The van der Waals surface area contributed by atoms with Crippen molar-refractivity contribution in [2.24, 2.45) is 0 Å². The lowest BCUT2D eigenvalue weighted by atomic mass is 10.0. The molecule has 1 aromatic heterocycles. The van der Waals surface area contributed by atoms with E-state index in [1.807, 2.05) is 18.2 Å². The summed E-state index contributed by atoms with van der Waals surface area (Å²) in [6.45, 7) is 2.89. The third-order valence-corrected chi connectivity index (χ3v) is 6.89. The van der Waals surface area contributed by atoms with Crippen molar-refractivity contribution in [2.45, 2.75) is 44.3 Å². The Balaban J connectivity index is 1.30. The van der Waals surface area contributed by atoms with Crippen LogP contribution in [0.1, 0.15) is 52.4 Å². The lowest BCUT2D eigenvalue weighted by Crippen LogP contribution is -2.52. The van der Waals surface area contributed by atoms with Crippen LogP contribution in [0.5, 0.6) is 0 Å². The molecule has 5 rings (SSSR count). The molecular formula is C21H23N5O3S.